The fourth-order valence-electron chi connectivity index (χ4n) is 2.39. The van der Waals surface area contributed by atoms with Crippen LogP contribution in [-0.4, -0.2) is 27.0 Å². The molecule has 0 saturated carbocycles. The molecule has 0 aliphatic carbocycles. The smallest absolute Gasteiger partial charge is 0.276 e. The first-order chi connectivity index (χ1) is 11.5. The minimum Gasteiger partial charge on any atom is -0.355 e. The van der Waals surface area contributed by atoms with E-state index in [1.54, 1.807) is 34.7 Å². The monoisotopic (exact) mass is 341 g/mol. The van der Waals surface area contributed by atoms with Gasteiger partial charge in [-0.2, -0.15) is 0 Å². The molecule has 0 spiro atoms. The molecule has 0 saturated heterocycles. The van der Waals surface area contributed by atoms with E-state index in [0.29, 0.717) is 18.0 Å². The van der Waals surface area contributed by atoms with Crippen molar-refractivity contribution in [2.75, 3.05) is 0 Å². The van der Waals surface area contributed by atoms with Gasteiger partial charge in [0.1, 0.15) is 0 Å². The predicted octanol–water partition coefficient (Wildman–Crippen LogP) is 4.16. The fraction of sp³-hybridized carbons (Fsp3) is 0.278. The highest BCUT2D eigenvalue weighted by Gasteiger charge is 2.23. The molecule has 3 rings (SSSR count). The SMILES string of the molecule is Cc1ccc(CN(C(=O)c2cc(-c3cccnc3)on2)C(C)C)s1. The molecular weight excluding hydrogens is 322 g/mol. The Morgan fingerprint density at radius 3 is 2.79 bits per heavy atom. The molecule has 6 heteroatoms. The molecule has 3 aromatic heterocycles. The molecule has 0 aliphatic rings. The van der Waals surface area contributed by atoms with Crippen molar-refractivity contribution in [1.29, 1.82) is 0 Å². The molecule has 124 valence electrons. The van der Waals surface area contributed by atoms with Gasteiger partial charge in [0.2, 0.25) is 0 Å². The highest BCUT2D eigenvalue weighted by Crippen LogP contribution is 2.22. The van der Waals surface area contributed by atoms with Crippen molar-refractivity contribution in [3.8, 4) is 11.3 Å². The molecule has 0 fully saturated rings. The van der Waals surface area contributed by atoms with Crippen LogP contribution in [0.1, 0.15) is 34.1 Å². The number of hydrogen-bond acceptors (Lipinski definition) is 5. The minimum absolute atomic E-state index is 0.0680. The van der Waals surface area contributed by atoms with Crippen molar-refractivity contribution in [2.45, 2.75) is 33.4 Å². The summed E-state index contributed by atoms with van der Waals surface area (Å²) in [7, 11) is 0. The van der Waals surface area contributed by atoms with E-state index in [9.17, 15) is 4.79 Å². The molecule has 0 aliphatic heterocycles. The molecular formula is C18H19N3O2S. The van der Waals surface area contributed by atoms with Gasteiger partial charge < -0.3 is 9.42 Å². The second kappa shape index (κ2) is 6.97. The van der Waals surface area contributed by atoms with E-state index >= 15 is 0 Å². The normalized spacial score (nSPS) is 11.0. The first-order valence-electron chi connectivity index (χ1n) is 7.78. The summed E-state index contributed by atoms with van der Waals surface area (Å²) in [6.45, 7) is 6.64. The first kappa shape index (κ1) is 16.4. The van der Waals surface area contributed by atoms with Crippen molar-refractivity contribution in [1.82, 2.24) is 15.0 Å². The zero-order valence-electron chi connectivity index (χ0n) is 13.9. The Bertz CT molecular complexity index is 824. The number of aromatic nitrogens is 2. The lowest BCUT2D eigenvalue weighted by Gasteiger charge is -2.25. The van der Waals surface area contributed by atoms with E-state index in [0.717, 1.165) is 10.4 Å². The van der Waals surface area contributed by atoms with Gasteiger partial charge in [0.25, 0.3) is 5.91 Å². The molecule has 1 amide bonds. The highest BCUT2D eigenvalue weighted by atomic mass is 32.1. The Morgan fingerprint density at radius 1 is 1.33 bits per heavy atom. The number of rotatable bonds is 5. The fourth-order valence-corrected chi connectivity index (χ4v) is 3.28. The molecule has 0 unspecified atom stereocenters. The van der Waals surface area contributed by atoms with Crippen LogP contribution >= 0.6 is 11.3 Å². The van der Waals surface area contributed by atoms with Gasteiger partial charge in [-0.05, 0) is 45.0 Å². The van der Waals surface area contributed by atoms with Gasteiger partial charge in [-0.3, -0.25) is 9.78 Å². The van der Waals surface area contributed by atoms with Gasteiger partial charge in [0.05, 0.1) is 6.54 Å². The molecule has 3 heterocycles. The maximum absolute atomic E-state index is 12.8. The van der Waals surface area contributed by atoms with Gasteiger partial charge in [-0.25, -0.2) is 0 Å². The molecule has 3 aromatic rings. The molecule has 0 bridgehead atoms. The van der Waals surface area contributed by atoms with Crippen LogP contribution in [0.4, 0.5) is 0 Å². The summed E-state index contributed by atoms with van der Waals surface area (Å²) in [4.78, 5) is 21.1. The van der Waals surface area contributed by atoms with E-state index in [2.05, 4.69) is 29.2 Å². The summed E-state index contributed by atoms with van der Waals surface area (Å²) >= 11 is 1.70. The van der Waals surface area contributed by atoms with Crippen molar-refractivity contribution in [3.05, 3.63) is 58.2 Å². The van der Waals surface area contributed by atoms with Crippen molar-refractivity contribution in [2.24, 2.45) is 0 Å². The summed E-state index contributed by atoms with van der Waals surface area (Å²) in [5, 5.41) is 3.95. The number of pyridine rings is 1. The summed E-state index contributed by atoms with van der Waals surface area (Å²) in [5.74, 6) is 0.414. The van der Waals surface area contributed by atoms with E-state index in [1.807, 2.05) is 26.0 Å². The van der Waals surface area contributed by atoms with Crippen molar-refractivity contribution < 1.29 is 9.32 Å². The predicted molar refractivity (Wildman–Crippen MR) is 93.8 cm³/mol. The Hall–Kier alpha value is -2.47. The van der Waals surface area contributed by atoms with Crippen LogP contribution in [0.25, 0.3) is 11.3 Å². The second-order valence-electron chi connectivity index (χ2n) is 5.86. The Morgan fingerprint density at radius 2 is 2.17 bits per heavy atom. The van der Waals surface area contributed by atoms with Gasteiger partial charge >= 0.3 is 0 Å². The topological polar surface area (TPSA) is 59.2 Å². The van der Waals surface area contributed by atoms with Crippen LogP contribution in [0.2, 0.25) is 0 Å². The highest BCUT2D eigenvalue weighted by molar-refractivity contribution is 7.11. The third kappa shape index (κ3) is 3.54. The van der Waals surface area contributed by atoms with E-state index < -0.39 is 0 Å². The van der Waals surface area contributed by atoms with Crippen LogP contribution < -0.4 is 0 Å². The maximum atomic E-state index is 12.8. The number of hydrogen-bond donors (Lipinski definition) is 0. The molecule has 0 N–H and O–H groups in total. The lowest BCUT2D eigenvalue weighted by atomic mass is 10.2. The number of thiophene rings is 1. The third-order valence-corrected chi connectivity index (χ3v) is 4.67. The molecule has 0 radical (unpaired) electrons. The summed E-state index contributed by atoms with van der Waals surface area (Å²) in [6, 6.07) is 9.56. The summed E-state index contributed by atoms with van der Waals surface area (Å²) in [5.41, 5.74) is 1.12. The van der Waals surface area contributed by atoms with Crippen LogP contribution in [0, 0.1) is 6.92 Å². The average Bonchev–Trinajstić information content (AvgIpc) is 3.22. The lowest BCUT2D eigenvalue weighted by Crippen LogP contribution is -2.36. The van der Waals surface area contributed by atoms with Crippen molar-refractivity contribution >= 4 is 17.2 Å². The van der Waals surface area contributed by atoms with Crippen LogP contribution in [-0.2, 0) is 6.54 Å². The zero-order valence-corrected chi connectivity index (χ0v) is 14.7. The molecule has 24 heavy (non-hydrogen) atoms. The number of nitrogens with zero attached hydrogens (tertiary/aromatic N) is 3. The number of carbonyl (C=O) groups excluding carboxylic acids is 1. The standard InChI is InChI=1S/C18H19N3O2S/c1-12(2)21(11-15-7-6-13(3)24-15)18(22)16-9-17(23-20-16)14-5-4-8-19-10-14/h4-10,12H,11H2,1-3H3. The summed E-state index contributed by atoms with van der Waals surface area (Å²) < 4.78 is 5.32. The minimum atomic E-state index is -0.130. The van der Waals surface area contributed by atoms with E-state index in [4.69, 9.17) is 4.52 Å². The Kier molecular flexibility index (Phi) is 4.76. The van der Waals surface area contributed by atoms with Gasteiger partial charge in [0.15, 0.2) is 11.5 Å². The zero-order chi connectivity index (χ0) is 17.1. The summed E-state index contributed by atoms with van der Waals surface area (Å²) in [6.07, 6.45) is 3.37. The van der Waals surface area contributed by atoms with Gasteiger partial charge in [-0.1, -0.05) is 5.16 Å². The molecule has 5 nitrogen and oxygen atoms in total. The van der Waals surface area contributed by atoms with Gasteiger partial charge in [0, 0.05) is 39.8 Å². The quantitative estimate of drug-likeness (QED) is 0.699. The lowest BCUT2D eigenvalue weighted by molar-refractivity contribution is 0.0682. The Balaban J connectivity index is 1.82. The van der Waals surface area contributed by atoms with E-state index in [-0.39, 0.29) is 11.9 Å². The maximum Gasteiger partial charge on any atom is 0.276 e. The number of carbonyl (C=O) groups is 1. The Labute approximate surface area is 144 Å². The van der Waals surface area contributed by atoms with Crippen LogP contribution in [0.5, 0.6) is 0 Å². The third-order valence-electron chi connectivity index (χ3n) is 3.68. The average molecular weight is 341 g/mol. The molecule has 0 aromatic carbocycles. The molecule has 0 atom stereocenters. The second-order valence-corrected chi connectivity index (χ2v) is 7.23. The van der Waals surface area contributed by atoms with Crippen LogP contribution in [0.15, 0.2) is 47.2 Å². The van der Waals surface area contributed by atoms with Crippen molar-refractivity contribution in [3.63, 3.8) is 0 Å². The van der Waals surface area contributed by atoms with E-state index in [1.165, 1.54) is 4.88 Å². The van der Waals surface area contributed by atoms with Crippen LogP contribution in [0.3, 0.4) is 0 Å². The van der Waals surface area contributed by atoms with Gasteiger partial charge in [-0.15, -0.1) is 11.3 Å². The first-order valence-corrected chi connectivity index (χ1v) is 8.59. The number of aryl methyl sites for hydroxylation is 1. The largest absolute Gasteiger partial charge is 0.355 e. The number of amides is 1.